The van der Waals surface area contributed by atoms with E-state index in [1.54, 1.807) is 0 Å². The minimum Gasteiger partial charge on any atom is -0.314 e. The molecule has 0 aliphatic carbocycles. The summed E-state index contributed by atoms with van der Waals surface area (Å²) >= 11 is 0. The number of aryl methyl sites for hydroxylation is 1. The molecule has 1 fully saturated rings. The van der Waals surface area contributed by atoms with Crippen LogP contribution >= 0.6 is 0 Å². The van der Waals surface area contributed by atoms with Gasteiger partial charge in [0.05, 0.1) is 5.69 Å². The molecule has 2 atom stereocenters. The summed E-state index contributed by atoms with van der Waals surface area (Å²) in [6.45, 7) is 11.2. The second-order valence-electron chi connectivity index (χ2n) is 5.63. The minimum absolute atomic E-state index is 0.690. The Kier molecular flexibility index (Phi) is 5.34. The number of nitrogens with zero attached hydrogens (tertiary/aromatic N) is 2. The molecule has 2 heterocycles. The van der Waals surface area contributed by atoms with Crippen molar-refractivity contribution in [3.63, 3.8) is 0 Å². The van der Waals surface area contributed by atoms with Crippen LogP contribution in [0, 0.1) is 5.92 Å². The molecule has 1 aromatic rings. The summed E-state index contributed by atoms with van der Waals surface area (Å²) in [7, 11) is 0. The summed E-state index contributed by atoms with van der Waals surface area (Å²) in [5.41, 5.74) is 2.66. The predicted octanol–water partition coefficient (Wildman–Crippen LogP) is 2.46. The van der Waals surface area contributed by atoms with Gasteiger partial charge in [-0.2, -0.15) is 0 Å². The molecule has 1 aromatic heterocycles. The van der Waals surface area contributed by atoms with Gasteiger partial charge in [-0.1, -0.05) is 26.8 Å². The fraction of sp³-hybridized carbons (Fsp3) is 0.688. The van der Waals surface area contributed by atoms with Crippen LogP contribution in [0.1, 0.15) is 38.4 Å². The van der Waals surface area contributed by atoms with Crippen molar-refractivity contribution in [2.45, 2.75) is 46.2 Å². The lowest BCUT2D eigenvalue weighted by molar-refractivity contribution is 0.140. The first-order valence-electron chi connectivity index (χ1n) is 7.63. The number of hydrogen-bond donors (Lipinski definition) is 1. The predicted molar refractivity (Wildman–Crippen MR) is 80.1 cm³/mol. The standard InChI is InChI=1S/C16H27N3/c1-4-14-7-6-9-18-16(14)12-19-10-8-15(17-5-2)13(3)11-19/h6-7,9,13,15,17H,4-5,8,10-12H2,1-3H3. The number of rotatable bonds is 5. The van der Waals surface area contributed by atoms with E-state index in [-0.39, 0.29) is 0 Å². The Labute approximate surface area is 117 Å². The Morgan fingerprint density at radius 1 is 1.42 bits per heavy atom. The molecule has 1 N–H and O–H groups in total. The van der Waals surface area contributed by atoms with Gasteiger partial charge < -0.3 is 5.32 Å². The van der Waals surface area contributed by atoms with Gasteiger partial charge in [0.1, 0.15) is 0 Å². The van der Waals surface area contributed by atoms with Crippen LogP contribution in [-0.2, 0) is 13.0 Å². The first kappa shape index (κ1) is 14.5. The minimum atomic E-state index is 0.690. The fourth-order valence-corrected chi connectivity index (χ4v) is 3.09. The first-order valence-corrected chi connectivity index (χ1v) is 7.63. The van der Waals surface area contributed by atoms with E-state index < -0.39 is 0 Å². The highest BCUT2D eigenvalue weighted by Gasteiger charge is 2.25. The van der Waals surface area contributed by atoms with Crippen molar-refractivity contribution < 1.29 is 0 Å². The van der Waals surface area contributed by atoms with Gasteiger partial charge in [0.15, 0.2) is 0 Å². The number of aromatic nitrogens is 1. The van der Waals surface area contributed by atoms with Crippen LogP contribution in [-0.4, -0.2) is 35.6 Å². The molecule has 0 saturated carbocycles. The lowest BCUT2D eigenvalue weighted by Crippen LogP contribution is -2.48. The molecule has 0 bridgehead atoms. The van der Waals surface area contributed by atoms with E-state index >= 15 is 0 Å². The molecule has 3 heteroatoms. The van der Waals surface area contributed by atoms with Gasteiger partial charge >= 0.3 is 0 Å². The highest BCUT2D eigenvalue weighted by molar-refractivity contribution is 5.19. The molecule has 0 radical (unpaired) electrons. The molecule has 106 valence electrons. The van der Waals surface area contributed by atoms with E-state index in [9.17, 15) is 0 Å². The van der Waals surface area contributed by atoms with E-state index in [2.05, 4.69) is 42.0 Å². The van der Waals surface area contributed by atoms with Crippen molar-refractivity contribution in [2.75, 3.05) is 19.6 Å². The van der Waals surface area contributed by atoms with E-state index in [0.717, 1.165) is 25.4 Å². The van der Waals surface area contributed by atoms with Gasteiger partial charge in [-0.3, -0.25) is 9.88 Å². The summed E-state index contributed by atoms with van der Waals surface area (Å²) in [6, 6.07) is 4.94. The van der Waals surface area contributed by atoms with E-state index in [1.165, 1.54) is 30.8 Å². The molecule has 19 heavy (non-hydrogen) atoms. The largest absolute Gasteiger partial charge is 0.314 e. The third-order valence-corrected chi connectivity index (χ3v) is 4.19. The third-order valence-electron chi connectivity index (χ3n) is 4.19. The van der Waals surface area contributed by atoms with E-state index in [4.69, 9.17) is 0 Å². The normalized spacial score (nSPS) is 24.6. The molecule has 0 amide bonds. The SMILES string of the molecule is CCNC1CCN(Cc2ncccc2CC)CC1C. The number of likely N-dealkylation sites (tertiary alicyclic amines) is 1. The molecule has 3 nitrogen and oxygen atoms in total. The van der Waals surface area contributed by atoms with E-state index in [0.29, 0.717) is 6.04 Å². The lowest BCUT2D eigenvalue weighted by Gasteiger charge is -2.37. The zero-order valence-corrected chi connectivity index (χ0v) is 12.5. The van der Waals surface area contributed by atoms with Gasteiger partial charge in [0.25, 0.3) is 0 Å². The van der Waals surface area contributed by atoms with Crippen molar-refractivity contribution in [3.05, 3.63) is 29.6 Å². The van der Waals surface area contributed by atoms with Gasteiger partial charge in [-0.25, -0.2) is 0 Å². The van der Waals surface area contributed by atoms with Gasteiger partial charge in [-0.05, 0) is 36.9 Å². The van der Waals surface area contributed by atoms with Crippen molar-refractivity contribution in [2.24, 2.45) is 5.92 Å². The molecule has 2 unspecified atom stereocenters. The number of piperidine rings is 1. The van der Waals surface area contributed by atoms with Crippen LogP contribution in [0.4, 0.5) is 0 Å². The first-order chi connectivity index (χ1) is 9.24. The maximum Gasteiger partial charge on any atom is 0.0575 e. The van der Waals surface area contributed by atoms with Crippen LogP contribution in [0.15, 0.2) is 18.3 Å². The summed E-state index contributed by atoms with van der Waals surface area (Å²) in [4.78, 5) is 7.12. The Morgan fingerprint density at radius 2 is 2.26 bits per heavy atom. The maximum absolute atomic E-state index is 4.57. The summed E-state index contributed by atoms with van der Waals surface area (Å²) in [5, 5.41) is 3.60. The van der Waals surface area contributed by atoms with E-state index in [1.807, 2.05) is 12.3 Å². The molecule has 0 spiro atoms. The van der Waals surface area contributed by atoms with Crippen LogP contribution in [0.2, 0.25) is 0 Å². The van der Waals surface area contributed by atoms with Crippen molar-refractivity contribution in [3.8, 4) is 0 Å². The lowest BCUT2D eigenvalue weighted by atomic mass is 9.93. The highest BCUT2D eigenvalue weighted by Crippen LogP contribution is 2.19. The number of pyridine rings is 1. The van der Waals surface area contributed by atoms with Crippen molar-refractivity contribution >= 4 is 0 Å². The molecule has 0 aromatic carbocycles. The van der Waals surface area contributed by atoms with Crippen molar-refractivity contribution in [1.82, 2.24) is 15.2 Å². The number of hydrogen-bond acceptors (Lipinski definition) is 3. The molecular weight excluding hydrogens is 234 g/mol. The molecular formula is C16H27N3. The smallest absolute Gasteiger partial charge is 0.0575 e. The molecule has 1 aliphatic rings. The average Bonchev–Trinajstić information content (AvgIpc) is 2.43. The van der Waals surface area contributed by atoms with Crippen LogP contribution in [0.3, 0.4) is 0 Å². The molecule has 1 saturated heterocycles. The Bertz CT molecular complexity index is 391. The summed E-state index contributed by atoms with van der Waals surface area (Å²) < 4.78 is 0. The average molecular weight is 261 g/mol. The summed E-state index contributed by atoms with van der Waals surface area (Å²) in [6.07, 6.45) is 4.25. The summed E-state index contributed by atoms with van der Waals surface area (Å²) in [5.74, 6) is 0.725. The maximum atomic E-state index is 4.57. The van der Waals surface area contributed by atoms with Crippen LogP contribution < -0.4 is 5.32 Å². The van der Waals surface area contributed by atoms with Gasteiger partial charge in [0.2, 0.25) is 0 Å². The zero-order valence-electron chi connectivity index (χ0n) is 12.5. The Hall–Kier alpha value is -0.930. The van der Waals surface area contributed by atoms with Crippen LogP contribution in [0.5, 0.6) is 0 Å². The molecule has 1 aliphatic heterocycles. The second kappa shape index (κ2) is 7.01. The topological polar surface area (TPSA) is 28.2 Å². The quantitative estimate of drug-likeness (QED) is 0.882. The van der Waals surface area contributed by atoms with Crippen molar-refractivity contribution in [1.29, 1.82) is 0 Å². The third kappa shape index (κ3) is 3.77. The van der Waals surface area contributed by atoms with Crippen LogP contribution in [0.25, 0.3) is 0 Å². The Morgan fingerprint density at radius 3 is 2.95 bits per heavy atom. The number of nitrogens with one attached hydrogen (secondary N) is 1. The highest BCUT2D eigenvalue weighted by atomic mass is 15.2. The molecule has 2 rings (SSSR count). The van der Waals surface area contributed by atoms with Gasteiger partial charge in [-0.15, -0.1) is 0 Å². The van der Waals surface area contributed by atoms with Gasteiger partial charge in [0, 0.05) is 31.9 Å². The second-order valence-corrected chi connectivity index (χ2v) is 5.63. The fourth-order valence-electron chi connectivity index (χ4n) is 3.09. The monoisotopic (exact) mass is 261 g/mol. The Balaban J connectivity index is 1.94. The zero-order chi connectivity index (χ0) is 13.7.